The average Bonchev–Trinajstić information content (AvgIpc) is 2.34. The van der Waals surface area contributed by atoms with Crippen LogP contribution in [0.25, 0.3) is 0 Å². The van der Waals surface area contributed by atoms with E-state index in [1.165, 1.54) is 32.5 Å². The lowest BCUT2D eigenvalue weighted by Crippen LogP contribution is -2.40. The molecule has 3 nitrogen and oxygen atoms in total. The van der Waals surface area contributed by atoms with Crippen LogP contribution in [0, 0.1) is 12.8 Å². The van der Waals surface area contributed by atoms with E-state index in [-0.39, 0.29) is 0 Å². The molecule has 0 aromatic carbocycles. The van der Waals surface area contributed by atoms with Crippen molar-refractivity contribution in [3.05, 3.63) is 24.0 Å². The van der Waals surface area contributed by atoms with Gasteiger partial charge in [0, 0.05) is 31.4 Å². The van der Waals surface area contributed by atoms with E-state index in [0.29, 0.717) is 6.04 Å². The molecule has 1 aromatic heterocycles. The van der Waals surface area contributed by atoms with Crippen LogP contribution in [0.3, 0.4) is 0 Å². The highest BCUT2D eigenvalue weighted by atomic mass is 15.1. The summed E-state index contributed by atoms with van der Waals surface area (Å²) in [7, 11) is 0. The molecule has 2 rings (SSSR count). The first-order valence-corrected chi connectivity index (χ1v) is 7.05. The summed E-state index contributed by atoms with van der Waals surface area (Å²) in [5.41, 5.74) is 2.23. The van der Waals surface area contributed by atoms with E-state index in [2.05, 4.69) is 41.2 Å². The number of nitrogens with zero attached hydrogens (tertiary/aromatic N) is 2. The highest BCUT2D eigenvalue weighted by Gasteiger charge is 2.19. The second kappa shape index (κ2) is 6.19. The van der Waals surface area contributed by atoms with Gasteiger partial charge in [0.1, 0.15) is 0 Å². The number of hydrogen-bond donors (Lipinski definition) is 1. The Morgan fingerprint density at radius 1 is 1.33 bits per heavy atom. The van der Waals surface area contributed by atoms with Gasteiger partial charge in [-0.05, 0) is 37.8 Å². The van der Waals surface area contributed by atoms with E-state index >= 15 is 0 Å². The van der Waals surface area contributed by atoms with Gasteiger partial charge in [0.25, 0.3) is 0 Å². The Kier molecular flexibility index (Phi) is 4.59. The molecular formula is C15H25N3. The van der Waals surface area contributed by atoms with Gasteiger partial charge in [-0.15, -0.1) is 0 Å². The SMILES string of the molecule is Cc1ccc(NC2CCN(CC(C)C)CC2)cn1. The first-order valence-electron chi connectivity index (χ1n) is 7.05. The molecule has 0 saturated carbocycles. The van der Waals surface area contributed by atoms with Gasteiger partial charge in [-0.25, -0.2) is 0 Å². The summed E-state index contributed by atoms with van der Waals surface area (Å²) < 4.78 is 0. The van der Waals surface area contributed by atoms with Crippen molar-refractivity contribution in [2.75, 3.05) is 25.0 Å². The summed E-state index contributed by atoms with van der Waals surface area (Å²) in [5, 5.41) is 3.59. The van der Waals surface area contributed by atoms with Crippen molar-refractivity contribution < 1.29 is 0 Å². The molecule has 18 heavy (non-hydrogen) atoms. The zero-order valence-electron chi connectivity index (χ0n) is 11.8. The van der Waals surface area contributed by atoms with Crippen LogP contribution in [0.1, 0.15) is 32.4 Å². The molecule has 1 aromatic rings. The van der Waals surface area contributed by atoms with Crippen molar-refractivity contribution in [1.82, 2.24) is 9.88 Å². The summed E-state index contributed by atoms with van der Waals surface area (Å²) >= 11 is 0. The second-order valence-corrected chi connectivity index (χ2v) is 5.80. The van der Waals surface area contributed by atoms with Gasteiger partial charge in [0.15, 0.2) is 0 Å². The summed E-state index contributed by atoms with van der Waals surface area (Å²) in [6.45, 7) is 10.3. The Bertz CT molecular complexity index is 351. The van der Waals surface area contributed by atoms with Gasteiger partial charge in [-0.1, -0.05) is 13.8 Å². The number of hydrogen-bond acceptors (Lipinski definition) is 3. The van der Waals surface area contributed by atoms with E-state index in [9.17, 15) is 0 Å². The van der Waals surface area contributed by atoms with Crippen molar-refractivity contribution in [3.8, 4) is 0 Å². The Hall–Kier alpha value is -1.09. The predicted molar refractivity (Wildman–Crippen MR) is 76.9 cm³/mol. The molecule has 0 spiro atoms. The number of nitrogens with one attached hydrogen (secondary N) is 1. The van der Waals surface area contributed by atoms with Crippen molar-refractivity contribution >= 4 is 5.69 Å². The first kappa shape index (κ1) is 13.3. The fourth-order valence-corrected chi connectivity index (χ4v) is 2.57. The Labute approximate surface area is 111 Å². The number of anilines is 1. The second-order valence-electron chi connectivity index (χ2n) is 5.80. The van der Waals surface area contributed by atoms with Crippen molar-refractivity contribution in [3.63, 3.8) is 0 Å². The summed E-state index contributed by atoms with van der Waals surface area (Å²) in [5.74, 6) is 0.774. The number of pyridine rings is 1. The number of aryl methyl sites for hydroxylation is 1. The minimum Gasteiger partial charge on any atom is -0.381 e. The largest absolute Gasteiger partial charge is 0.381 e. The molecule has 1 saturated heterocycles. The number of likely N-dealkylation sites (tertiary alicyclic amines) is 1. The third-order valence-corrected chi connectivity index (χ3v) is 3.49. The molecule has 0 amide bonds. The third kappa shape index (κ3) is 3.98. The molecule has 1 fully saturated rings. The molecule has 100 valence electrons. The molecule has 0 aliphatic carbocycles. The fraction of sp³-hybridized carbons (Fsp3) is 0.667. The lowest BCUT2D eigenvalue weighted by Gasteiger charge is -2.33. The molecule has 0 radical (unpaired) electrons. The topological polar surface area (TPSA) is 28.2 Å². The van der Waals surface area contributed by atoms with E-state index in [1.807, 2.05) is 13.1 Å². The van der Waals surface area contributed by atoms with E-state index < -0.39 is 0 Å². The van der Waals surface area contributed by atoms with Crippen LogP contribution < -0.4 is 5.32 Å². The van der Waals surface area contributed by atoms with Crippen LogP contribution in [0.5, 0.6) is 0 Å². The standard InChI is InChI=1S/C15H25N3/c1-12(2)11-18-8-6-14(7-9-18)17-15-5-4-13(3)16-10-15/h4-5,10,12,14,17H,6-9,11H2,1-3H3. The lowest BCUT2D eigenvalue weighted by atomic mass is 10.0. The van der Waals surface area contributed by atoms with Gasteiger partial charge in [-0.2, -0.15) is 0 Å². The van der Waals surface area contributed by atoms with Crippen LogP contribution in [-0.2, 0) is 0 Å². The highest BCUT2D eigenvalue weighted by molar-refractivity contribution is 5.41. The molecule has 1 aliphatic rings. The number of piperidine rings is 1. The smallest absolute Gasteiger partial charge is 0.0529 e. The van der Waals surface area contributed by atoms with Gasteiger partial charge in [0.05, 0.1) is 11.9 Å². The number of aromatic nitrogens is 1. The normalized spacial score (nSPS) is 18.2. The highest BCUT2D eigenvalue weighted by Crippen LogP contribution is 2.17. The summed E-state index contributed by atoms with van der Waals surface area (Å²) in [6.07, 6.45) is 4.41. The molecule has 0 unspecified atom stereocenters. The van der Waals surface area contributed by atoms with Crippen LogP contribution in [0.15, 0.2) is 18.3 Å². The van der Waals surface area contributed by atoms with Gasteiger partial charge < -0.3 is 10.2 Å². The fourth-order valence-electron chi connectivity index (χ4n) is 2.57. The molecule has 3 heteroatoms. The Morgan fingerprint density at radius 3 is 2.61 bits per heavy atom. The third-order valence-electron chi connectivity index (χ3n) is 3.49. The lowest BCUT2D eigenvalue weighted by molar-refractivity contribution is 0.198. The molecule has 1 aliphatic heterocycles. The van der Waals surface area contributed by atoms with Crippen LogP contribution in [-0.4, -0.2) is 35.6 Å². The van der Waals surface area contributed by atoms with Gasteiger partial charge in [0.2, 0.25) is 0 Å². The molecule has 0 atom stereocenters. The van der Waals surface area contributed by atoms with Crippen molar-refractivity contribution in [1.29, 1.82) is 0 Å². The average molecular weight is 247 g/mol. The quantitative estimate of drug-likeness (QED) is 0.886. The monoisotopic (exact) mass is 247 g/mol. The summed E-state index contributed by atoms with van der Waals surface area (Å²) in [6, 6.07) is 4.80. The van der Waals surface area contributed by atoms with E-state index in [1.54, 1.807) is 0 Å². The predicted octanol–water partition coefficient (Wildman–Crippen LogP) is 2.92. The molecule has 1 N–H and O–H groups in total. The maximum atomic E-state index is 4.33. The Balaban J connectivity index is 1.78. The minimum atomic E-state index is 0.609. The zero-order chi connectivity index (χ0) is 13.0. The van der Waals surface area contributed by atoms with Crippen LogP contribution in [0.2, 0.25) is 0 Å². The van der Waals surface area contributed by atoms with Crippen molar-refractivity contribution in [2.45, 2.75) is 39.7 Å². The van der Waals surface area contributed by atoms with Crippen molar-refractivity contribution in [2.24, 2.45) is 5.92 Å². The van der Waals surface area contributed by atoms with Crippen LogP contribution in [0.4, 0.5) is 5.69 Å². The molecule has 2 heterocycles. The zero-order valence-corrected chi connectivity index (χ0v) is 11.8. The minimum absolute atomic E-state index is 0.609. The van der Waals surface area contributed by atoms with Crippen LogP contribution >= 0.6 is 0 Å². The Morgan fingerprint density at radius 2 is 2.06 bits per heavy atom. The van der Waals surface area contributed by atoms with Gasteiger partial charge in [-0.3, -0.25) is 4.98 Å². The van der Waals surface area contributed by atoms with E-state index in [0.717, 1.165) is 17.3 Å². The van der Waals surface area contributed by atoms with E-state index in [4.69, 9.17) is 0 Å². The first-order chi connectivity index (χ1) is 8.63. The summed E-state index contributed by atoms with van der Waals surface area (Å²) in [4.78, 5) is 6.91. The maximum Gasteiger partial charge on any atom is 0.0529 e. The maximum absolute atomic E-state index is 4.33. The number of rotatable bonds is 4. The molecule has 0 bridgehead atoms. The van der Waals surface area contributed by atoms with Gasteiger partial charge >= 0.3 is 0 Å². The molecular weight excluding hydrogens is 222 g/mol.